The molecule has 0 heterocycles. The first kappa shape index (κ1) is 27.2. The molecule has 9 heteroatoms. The first-order chi connectivity index (χ1) is 16.2. The van der Waals surface area contributed by atoms with E-state index in [-0.39, 0.29) is 42.1 Å². The van der Waals surface area contributed by atoms with Gasteiger partial charge in [-0.05, 0) is 22.9 Å². The van der Waals surface area contributed by atoms with Gasteiger partial charge < -0.3 is 29.3 Å². The van der Waals surface area contributed by atoms with Crippen LogP contribution in [0.25, 0.3) is 21.5 Å². The summed E-state index contributed by atoms with van der Waals surface area (Å²) in [6.45, 7) is 2.45. The molecule has 0 amide bonds. The van der Waals surface area contributed by atoms with Crippen LogP contribution in [0.4, 0.5) is 0 Å². The maximum atomic E-state index is 11.0. The van der Waals surface area contributed by atoms with Crippen molar-refractivity contribution in [2.45, 2.75) is 13.8 Å². The summed E-state index contributed by atoms with van der Waals surface area (Å²) in [5.41, 5.74) is -0.252. The van der Waals surface area contributed by atoms with Gasteiger partial charge in [-0.15, -0.1) is 0 Å². The molecule has 0 fully saturated rings. The summed E-state index contributed by atoms with van der Waals surface area (Å²) in [7, 11) is 0. The Morgan fingerprint density at radius 2 is 0.914 bits per heavy atom. The van der Waals surface area contributed by atoms with E-state index in [1.807, 2.05) is 12.1 Å². The molecule has 0 radical (unpaired) electrons. The fourth-order valence-corrected chi connectivity index (χ4v) is 3.31. The van der Waals surface area contributed by atoms with Crippen molar-refractivity contribution in [3.05, 3.63) is 83.9 Å². The molecule has 0 bridgehead atoms. The zero-order valence-electron chi connectivity index (χ0n) is 18.9. The summed E-state index contributed by atoms with van der Waals surface area (Å²) in [4.78, 5) is 43.9. The second-order valence-electron chi connectivity index (χ2n) is 7.09. The summed E-state index contributed by atoms with van der Waals surface area (Å²) < 4.78 is 9.92. The predicted molar refractivity (Wildman–Crippen MR) is 119 cm³/mol. The van der Waals surface area contributed by atoms with E-state index < -0.39 is 23.9 Å². The van der Waals surface area contributed by atoms with Gasteiger partial charge in [0.15, 0.2) is 0 Å². The number of carboxylic acid groups (broad SMARTS) is 2. The van der Waals surface area contributed by atoms with Gasteiger partial charge in [-0.2, -0.15) is 0 Å². The molecule has 35 heavy (non-hydrogen) atoms. The van der Waals surface area contributed by atoms with E-state index in [9.17, 15) is 29.4 Å². The Balaban J connectivity index is 0.000000240. The molecule has 0 N–H and O–H groups in total. The normalized spacial score (nSPS) is 9.89. The molecule has 0 aliphatic carbocycles. The molecule has 0 aliphatic heterocycles. The minimum Gasteiger partial charge on any atom is -0.545 e. The van der Waals surface area contributed by atoms with Gasteiger partial charge in [0.25, 0.3) is 0 Å². The van der Waals surface area contributed by atoms with Crippen LogP contribution in [0.5, 0.6) is 11.5 Å². The Morgan fingerprint density at radius 3 is 1.23 bits per heavy atom. The van der Waals surface area contributed by atoms with E-state index in [1.165, 1.54) is 26.0 Å². The van der Waals surface area contributed by atoms with E-state index in [0.29, 0.717) is 10.8 Å². The predicted octanol–water partition coefficient (Wildman–Crippen LogP) is 2.25. The summed E-state index contributed by atoms with van der Waals surface area (Å²) in [6.07, 6.45) is 0. The number of carbonyl (C=O) groups is 4. The first-order valence-corrected chi connectivity index (χ1v) is 10.0. The standard InChI is InChI=1S/2C13H10O4.Zn/c2*1-8(14)17-12-10-5-3-2-4-9(10)6-7-11(12)13(15)16;/h2*2-7H,1H3,(H,15,16);/q;;+2/p-2. The molecule has 0 atom stereocenters. The van der Waals surface area contributed by atoms with Crippen LogP contribution in [-0.2, 0) is 29.1 Å². The number of aromatic carboxylic acids is 2. The van der Waals surface area contributed by atoms with Crippen molar-refractivity contribution < 1.29 is 58.3 Å². The van der Waals surface area contributed by atoms with E-state index in [0.717, 1.165) is 10.8 Å². The van der Waals surface area contributed by atoms with Crippen LogP contribution in [-0.4, -0.2) is 23.9 Å². The zero-order chi connectivity index (χ0) is 24.8. The van der Waals surface area contributed by atoms with Crippen molar-refractivity contribution in [1.82, 2.24) is 0 Å². The van der Waals surface area contributed by atoms with E-state index in [4.69, 9.17) is 9.47 Å². The molecule has 0 saturated heterocycles. The van der Waals surface area contributed by atoms with Gasteiger partial charge in [-0.25, -0.2) is 0 Å². The fourth-order valence-electron chi connectivity index (χ4n) is 3.31. The average Bonchev–Trinajstić information content (AvgIpc) is 2.79. The molecule has 8 nitrogen and oxygen atoms in total. The summed E-state index contributed by atoms with van der Waals surface area (Å²) in [5.74, 6) is -3.79. The molecule has 0 spiro atoms. The van der Waals surface area contributed by atoms with E-state index in [2.05, 4.69) is 0 Å². The quantitative estimate of drug-likeness (QED) is 0.226. The molecule has 4 aromatic carbocycles. The molecule has 172 valence electrons. The smallest absolute Gasteiger partial charge is 0.545 e. The second-order valence-corrected chi connectivity index (χ2v) is 7.09. The molecule has 0 saturated carbocycles. The minimum absolute atomic E-state index is 0. The van der Waals surface area contributed by atoms with Crippen LogP contribution in [0.15, 0.2) is 72.8 Å². The van der Waals surface area contributed by atoms with Crippen LogP contribution in [0.2, 0.25) is 0 Å². The first-order valence-electron chi connectivity index (χ1n) is 10.0. The number of benzene rings is 4. The molecule has 0 aliphatic rings. The number of rotatable bonds is 4. The van der Waals surface area contributed by atoms with Crippen molar-refractivity contribution in [2.24, 2.45) is 0 Å². The van der Waals surface area contributed by atoms with Crippen molar-refractivity contribution >= 4 is 45.4 Å². The molecule has 0 aromatic heterocycles. The van der Waals surface area contributed by atoms with Gasteiger partial charge in [0, 0.05) is 35.7 Å². The average molecular weight is 524 g/mol. The Hall–Kier alpha value is -4.10. The van der Waals surface area contributed by atoms with Crippen molar-refractivity contribution in [3.8, 4) is 11.5 Å². The van der Waals surface area contributed by atoms with Crippen LogP contribution >= 0.6 is 0 Å². The van der Waals surface area contributed by atoms with Crippen molar-refractivity contribution in [1.29, 1.82) is 0 Å². The monoisotopic (exact) mass is 522 g/mol. The molecule has 4 rings (SSSR count). The topological polar surface area (TPSA) is 133 Å². The number of fused-ring (bicyclic) bond motifs is 2. The number of hydrogen-bond acceptors (Lipinski definition) is 8. The number of hydrogen-bond donors (Lipinski definition) is 0. The maximum absolute atomic E-state index is 11.0. The van der Waals surface area contributed by atoms with Crippen molar-refractivity contribution in [3.63, 3.8) is 0 Å². The zero-order valence-corrected chi connectivity index (χ0v) is 21.9. The molecular formula is C26H18O8Zn. The summed E-state index contributed by atoms with van der Waals surface area (Å²) in [6, 6.07) is 20.2. The SMILES string of the molecule is CC(=O)Oc1c(C(=O)[O-])ccc2ccccc12.CC(=O)Oc1c(C(=O)[O-])ccc2ccccc12.[Zn+2]. The third kappa shape index (κ3) is 6.49. The number of ether oxygens (including phenoxy) is 2. The third-order valence-corrected chi connectivity index (χ3v) is 4.69. The Morgan fingerprint density at radius 1 is 0.571 bits per heavy atom. The van der Waals surface area contributed by atoms with Gasteiger partial charge in [-0.3, -0.25) is 9.59 Å². The fraction of sp³-hybridized carbons (Fsp3) is 0.0769. The van der Waals surface area contributed by atoms with Crippen molar-refractivity contribution in [2.75, 3.05) is 0 Å². The Labute approximate surface area is 212 Å². The Bertz CT molecular complexity index is 1320. The van der Waals surface area contributed by atoms with Gasteiger partial charge in [0.1, 0.15) is 11.5 Å². The molecular weight excluding hydrogens is 506 g/mol. The largest absolute Gasteiger partial charge is 2.00 e. The van der Waals surface area contributed by atoms with E-state index in [1.54, 1.807) is 48.5 Å². The van der Waals surface area contributed by atoms with Crippen LogP contribution in [0, 0.1) is 0 Å². The van der Waals surface area contributed by atoms with Gasteiger partial charge in [0.2, 0.25) is 0 Å². The van der Waals surface area contributed by atoms with Crippen LogP contribution in [0.3, 0.4) is 0 Å². The number of carboxylic acids is 2. The summed E-state index contributed by atoms with van der Waals surface area (Å²) in [5, 5.41) is 24.6. The van der Waals surface area contributed by atoms with Gasteiger partial charge in [0.05, 0.1) is 11.9 Å². The minimum atomic E-state index is -1.37. The number of carbonyl (C=O) groups excluding carboxylic acids is 4. The third-order valence-electron chi connectivity index (χ3n) is 4.69. The van der Waals surface area contributed by atoms with Gasteiger partial charge in [-0.1, -0.05) is 60.7 Å². The molecule has 0 unspecified atom stereocenters. The van der Waals surface area contributed by atoms with Gasteiger partial charge >= 0.3 is 31.4 Å². The van der Waals surface area contributed by atoms with E-state index >= 15 is 0 Å². The maximum Gasteiger partial charge on any atom is 2.00 e. The Kier molecular flexibility index (Phi) is 9.20. The second kappa shape index (κ2) is 11.9. The number of esters is 2. The van der Waals surface area contributed by atoms with Crippen LogP contribution < -0.4 is 19.7 Å². The van der Waals surface area contributed by atoms with Crippen LogP contribution in [0.1, 0.15) is 34.6 Å². The summed E-state index contributed by atoms with van der Waals surface area (Å²) >= 11 is 0. The molecule has 4 aromatic rings.